The Labute approximate surface area is 99.5 Å². The minimum atomic E-state index is 0. The molecule has 0 radical (unpaired) electrons. The predicted molar refractivity (Wildman–Crippen MR) is 68.0 cm³/mol. The highest BCUT2D eigenvalue weighted by atomic mass is 35.5. The third-order valence-electron chi connectivity index (χ3n) is 2.70. The van der Waals surface area contributed by atoms with Crippen LogP contribution in [-0.4, -0.2) is 14.8 Å². The van der Waals surface area contributed by atoms with Gasteiger partial charge in [0.1, 0.15) is 0 Å². The highest BCUT2D eigenvalue weighted by Gasteiger charge is 2.06. The van der Waals surface area contributed by atoms with Crippen LogP contribution >= 0.6 is 12.4 Å². The molecule has 4 heteroatoms. The molecule has 0 unspecified atom stereocenters. The number of hydrogen-bond acceptors (Lipinski definition) is 2. The van der Waals surface area contributed by atoms with Gasteiger partial charge in [0, 0.05) is 17.8 Å². The number of nitrogens with zero attached hydrogens (tertiary/aromatic N) is 3. The normalized spacial score (nSPS) is 10.6. The second kappa shape index (κ2) is 3.76. The molecule has 3 nitrogen and oxygen atoms in total. The van der Waals surface area contributed by atoms with Gasteiger partial charge in [-0.1, -0.05) is 18.2 Å². The van der Waals surface area contributed by atoms with Gasteiger partial charge >= 0.3 is 0 Å². The van der Waals surface area contributed by atoms with E-state index in [-0.39, 0.29) is 12.4 Å². The van der Waals surface area contributed by atoms with Gasteiger partial charge < -0.3 is 0 Å². The summed E-state index contributed by atoms with van der Waals surface area (Å²) in [6.07, 6.45) is 0. The molecular formula is C12H12ClN3. The van der Waals surface area contributed by atoms with Crippen molar-refractivity contribution in [2.45, 2.75) is 6.92 Å². The maximum Gasteiger partial charge on any atom is 0.158 e. The van der Waals surface area contributed by atoms with Crippen molar-refractivity contribution in [2.24, 2.45) is 7.05 Å². The van der Waals surface area contributed by atoms with E-state index in [1.165, 1.54) is 5.39 Å². The molecule has 2 heterocycles. The third-order valence-corrected chi connectivity index (χ3v) is 2.70. The molecule has 0 fully saturated rings. The number of para-hydroxylation sites is 1. The maximum absolute atomic E-state index is 4.60. The zero-order valence-electron chi connectivity index (χ0n) is 9.14. The average Bonchev–Trinajstić information content (AvgIpc) is 2.52. The van der Waals surface area contributed by atoms with Crippen molar-refractivity contribution in [2.75, 3.05) is 0 Å². The van der Waals surface area contributed by atoms with Crippen LogP contribution in [-0.2, 0) is 7.05 Å². The molecule has 3 rings (SSSR count). The van der Waals surface area contributed by atoms with Crippen LogP contribution in [0.4, 0.5) is 0 Å². The van der Waals surface area contributed by atoms with E-state index in [2.05, 4.69) is 22.2 Å². The van der Waals surface area contributed by atoms with Gasteiger partial charge in [-0.2, -0.15) is 5.10 Å². The van der Waals surface area contributed by atoms with Crippen LogP contribution in [0.1, 0.15) is 5.69 Å². The molecule has 0 saturated carbocycles. The lowest BCUT2D eigenvalue weighted by atomic mass is 10.2. The summed E-state index contributed by atoms with van der Waals surface area (Å²) in [5, 5.41) is 6.67. The summed E-state index contributed by atoms with van der Waals surface area (Å²) in [5.74, 6) is 0. The zero-order chi connectivity index (χ0) is 10.4. The highest BCUT2D eigenvalue weighted by Crippen LogP contribution is 2.21. The van der Waals surface area contributed by atoms with Crippen molar-refractivity contribution < 1.29 is 0 Å². The number of halogens is 1. The first kappa shape index (κ1) is 10.9. The van der Waals surface area contributed by atoms with Crippen LogP contribution in [0.2, 0.25) is 0 Å². The molecule has 82 valence electrons. The summed E-state index contributed by atoms with van der Waals surface area (Å²) in [6.45, 7) is 2.01. The number of rotatable bonds is 0. The van der Waals surface area contributed by atoms with Crippen LogP contribution < -0.4 is 0 Å². The molecule has 0 aliphatic heterocycles. The Bertz CT molecular complexity index is 602. The molecular weight excluding hydrogens is 222 g/mol. The van der Waals surface area contributed by atoms with E-state index in [4.69, 9.17) is 0 Å². The summed E-state index contributed by atoms with van der Waals surface area (Å²) in [7, 11) is 1.93. The molecule has 3 aromatic rings. The van der Waals surface area contributed by atoms with Crippen molar-refractivity contribution in [1.29, 1.82) is 0 Å². The number of aryl methyl sites for hydroxylation is 2. The number of pyridine rings is 1. The van der Waals surface area contributed by atoms with E-state index in [1.807, 2.05) is 36.9 Å². The van der Waals surface area contributed by atoms with Crippen molar-refractivity contribution in [3.63, 3.8) is 0 Å². The van der Waals surface area contributed by atoms with Gasteiger partial charge in [0.15, 0.2) is 5.65 Å². The Kier molecular flexibility index (Phi) is 2.56. The number of fused-ring (bicyclic) bond motifs is 2. The Morgan fingerprint density at radius 2 is 1.94 bits per heavy atom. The monoisotopic (exact) mass is 233 g/mol. The second-order valence-corrected chi connectivity index (χ2v) is 3.76. The molecule has 16 heavy (non-hydrogen) atoms. The van der Waals surface area contributed by atoms with E-state index in [0.717, 1.165) is 22.2 Å². The van der Waals surface area contributed by atoms with Crippen molar-refractivity contribution in [3.8, 4) is 0 Å². The van der Waals surface area contributed by atoms with Crippen molar-refractivity contribution in [1.82, 2.24) is 14.8 Å². The summed E-state index contributed by atoms with van der Waals surface area (Å²) >= 11 is 0. The topological polar surface area (TPSA) is 30.7 Å². The van der Waals surface area contributed by atoms with Crippen LogP contribution in [0, 0.1) is 6.92 Å². The Morgan fingerprint density at radius 3 is 2.75 bits per heavy atom. The van der Waals surface area contributed by atoms with Gasteiger partial charge in [-0.25, -0.2) is 4.98 Å². The molecule has 0 aliphatic rings. The van der Waals surface area contributed by atoms with Crippen LogP contribution in [0.15, 0.2) is 30.3 Å². The lowest BCUT2D eigenvalue weighted by Crippen LogP contribution is -1.91. The average molecular weight is 234 g/mol. The molecule has 1 aromatic carbocycles. The van der Waals surface area contributed by atoms with E-state index in [0.29, 0.717) is 0 Å². The third kappa shape index (κ3) is 1.44. The highest BCUT2D eigenvalue weighted by molar-refractivity contribution is 5.92. The van der Waals surface area contributed by atoms with Crippen LogP contribution in [0.25, 0.3) is 21.9 Å². The Morgan fingerprint density at radius 1 is 1.19 bits per heavy atom. The number of hydrogen-bond donors (Lipinski definition) is 0. The Balaban J connectivity index is 0.000000963. The van der Waals surface area contributed by atoms with Gasteiger partial charge in [0.25, 0.3) is 0 Å². The lowest BCUT2D eigenvalue weighted by molar-refractivity contribution is 0.775. The van der Waals surface area contributed by atoms with E-state index < -0.39 is 0 Å². The van der Waals surface area contributed by atoms with Gasteiger partial charge in [0.2, 0.25) is 0 Å². The van der Waals surface area contributed by atoms with E-state index in [9.17, 15) is 0 Å². The first-order chi connectivity index (χ1) is 7.25. The van der Waals surface area contributed by atoms with Gasteiger partial charge in [0.05, 0.1) is 11.2 Å². The fourth-order valence-electron chi connectivity index (χ4n) is 1.94. The van der Waals surface area contributed by atoms with Gasteiger partial charge in [-0.3, -0.25) is 4.68 Å². The molecule has 0 bridgehead atoms. The van der Waals surface area contributed by atoms with Gasteiger partial charge in [-0.15, -0.1) is 12.4 Å². The number of aromatic nitrogens is 3. The first-order valence-corrected chi connectivity index (χ1v) is 4.95. The smallest absolute Gasteiger partial charge is 0.158 e. The molecule has 0 aliphatic carbocycles. The summed E-state index contributed by atoms with van der Waals surface area (Å²) in [6, 6.07) is 10.3. The molecule has 0 N–H and O–H groups in total. The quantitative estimate of drug-likeness (QED) is 0.598. The fraction of sp³-hybridized carbons (Fsp3) is 0.167. The van der Waals surface area contributed by atoms with Gasteiger partial charge in [-0.05, 0) is 19.1 Å². The largest absolute Gasteiger partial charge is 0.250 e. The van der Waals surface area contributed by atoms with Crippen LogP contribution in [0.3, 0.4) is 0 Å². The zero-order valence-corrected chi connectivity index (χ0v) is 9.95. The molecule has 0 saturated heterocycles. The summed E-state index contributed by atoms with van der Waals surface area (Å²) < 4.78 is 1.83. The maximum atomic E-state index is 4.60. The molecule has 2 aromatic heterocycles. The molecule has 0 atom stereocenters. The molecule has 0 spiro atoms. The second-order valence-electron chi connectivity index (χ2n) is 3.76. The minimum Gasteiger partial charge on any atom is -0.250 e. The van der Waals surface area contributed by atoms with E-state index in [1.54, 1.807) is 0 Å². The fourth-order valence-corrected chi connectivity index (χ4v) is 1.94. The molecule has 0 amide bonds. The van der Waals surface area contributed by atoms with E-state index >= 15 is 0 Å². The lowest BCUT2D eigenvalue weighted by Gasteiger charge is -1.98. The van der Waals surface area contributed by atoms with Crippen molar-refractivity contribution in [3.05, 3.63) is 36.0 Å². The number of benzene rings is 1. The minimum absolute atomic E-state index is 0. The summed E-state index contributed by atoms with van der Waals surface area (Å²) in [4.78, 5) is 4.60. The predicted octanol–water partition coefficient (Wildman–Crippen LogP) is 2.85. The Hall–Kier alpha value is -1.61. The standard InChI is InChI=1S/C12H11N3.ClH/c1-8-10-7-9-5-3-4-6-11(9)13-12(10)15(2)14-8;/h3-7H,1-2H3;1H. The SMILES string of the molecule is Cc1nn(C)c2nc3ccccc3cc12.Cl. The van der Waals surface area contributed by atoms with Crippen LogP contribution in [0.5, 0.6) is 0 Å². The first-order valence-electron chi connectivity index (χ1n) is 4.95. The van der Waals surface area contributed by atoms with Crippen molar-refractivity contribution >= 4 is 34.3 Å². The summed E-state index contributed by atoms with van der Waals surface area (Å²) in [5.41, 5.74) is 3.00.